The van der Waals surface area contributed by atoms with Crippen molar-refractivity contribution in [3.05, 3.63) is 26.7 Å². The third-order valence-electron chi connectivity index (χ3n) is 1.87. The van der Waals surface area contributed by atoms with E-state index in [9.17, 15) is 4.79 Å². The Morgan fingerprint density at radius 2 is 2.27 bits per heavy atom. The van der Waals surface area contributed by atoms with E-state index in [0.29, 0.717) is 15.8 Å². The van der Waals surface area contributed by atoms with Crippen molar-refractivity contribution in [1.29, 1.82) is 5.26 Å². The summed E-state index contributed by atoms with van der Waals surface area (Å²) in [6.07, 6.45) is 0. The maximum absolute atomic E-state index is 11.3. The van der Waals surface area contributed by atoms with Crippen molar-refractivity contribution in [2.24, 2.45) is 0 Å². The molecular weight excluding hydrogens is 281 g/mol. The smallest absolute Gasteiger partial charge is 0.163 e. The Labute approximate surface area is 101 Å². The Bertz CT molecular complexity index is 465. The second-order valence-corrected chi connectivity index (χ2v) is 4.00. The van der Waals surface area contributed by atoms with Crippen molar-refractivity contribution >= 4 is 33.3 Å². The van der Waals surface area contributed by atoms with Gasteiger partial charge in [0.1, 0.15) is 11.8 Å². The number of carbonyl (C=O) groups is 1. The molecule has 0 aromatic heterocycles. The first-order chi connectivity index (χ1) is 7.02. The molecule has 15 heavy (non-hydrogen) atoms. The first-order valence-corrected chi connectivity index (χ1v) is 5.17. The van der Waals surface area contributed by atoms with Gasteiger partial charge in [-0.2, -0.15) is 5.26 Å². The largest absolute Gasteiger partial charge is 0.495 e. The zero-order chi connectivity index (χ0) is 11.6. The molecule has 0 fully saturated rings. The normalized spacial score (nSPS) is 9.53. The van der Waals surface area contributed by atoms with Gasteiger partial charge in [-0.3, -0.25) is 4.79 Å². The van der Waals surface area contributed by atoms with Gasteiger partial charge in [0.05, 0.1) is 27.7 Å². The van der Waals surface area contributed by atoms with Crippen LogP contribution >= 0.6 is 27.5 Å². The lowest BCUT2D eigenvalue weighted by Gasteiger charge is -2.10. The van der Waals surface area contributed by atoms with Crippen LogP contribution in [0.15, 0.2) is 10.5 Å². The van der Waals surface area contributed by atoms with Crippen molar-refractivity contribution in [1.82, 2.24) is 0 Å². The van der Waals surface area contributed by atoms with Crippen LogP contribution in [-0.4, -0.2) is 12.9 Å². The lowest BCUT2D eigenvalue weighted by Crippen LogP contribution is -2.00. The molecule has 0 unspecified atom stereocenters. The third-order valence-corrected chi connectivity index (χ3v) is 2.92. The molecule has 0 saturated carbocycles. The molecule has 78 valence electrons. The van der Waals surface area contributed by atoms with Gasteiger partial charge < -0.3 is 4.74 Å². The number of ketones is 1. The summed E-state index contributed by atoms with van der Waals surface area (Å²) < 4.78 is 5.47. The number of halogens is 2. The topological polar surface area (TPSA) is 50.1 Å². The molecule has 0 saturated heterocycles. The minimum atomic E-state index is -0.168. The molecule has 0 heterocycles. The van der Waals surface area contributed by atoms with Crippen molar-refractivity contribution in [3.8, 4) is 11.8 Å². The first-order valence-electron chi connectivity index (χ1n) is 4.00. The van der Waals surface area contributed by atoms with Gasteiger partial charge in [-0.25, -0.2) is 0 Å². The molecule has 0 radical (unpaired) electrons. The van der Waals surface area contributed by atoms with Crippen LogP contribution in [0.5, 0.6) is 5.75 Å². The summed E-state index contributed by atoms with van der Waals surface area (Å²) in [6, 6.07) is 3.37. The summed E-state index contributed by atoms with van der Waals surface area (Å²) >= 11 is 9.03. The van der Waals surface area contributed by atoms with Crippen LogP contribution in [0.3, 0.4) is 0 Å². The van der Waals surface area contributed by atoms with Gasteiger partial charge in [-0.15, -0.1) is 0 Å². The van der Waals surface area contributed by atoms with E-state index in [4.69, 9.17) is 21.6 Å². The molecule has 0 aliphatic heterocycles. The van der Waals surface area contributed by atoms with Gasteiger partial charge in [-0.1, -0.05) is 11.6 Å². The molecule has 0 spiro atoms. The van der Waals surface area contributed by atoms with Crippen LogP contribution in [0, 0.1) is 11.3 Å². The highest BCUT2D eigenvalue weighted by molar-refractivity contribution is 9.10. The minimum Gasteiger partial charge on any atom is -0.495 e. The average Bonchev–Trinajstić information content (AvgIpc) is 2.17. The van der Waals surface area contributed by atoms with Crippen LogP contribution in [0.25, 0.3) is 0 Å². The van der Waals surface area contributed by atoms with Crippen molar-refractivity contribution in [2.45, 2.75) is 6.92 Å². The quantitative estimate of drug-likeness (QED) is 0.785. The van der Waals surface area contributed by atoms with Gasteiger partial charge in [0, 0.05) is 0 Å². The van der Waals surface area contributed by atoms with E-state index in [2.05, 4.69) is 15.9 Å². The van der Waals surface area contributed by atoms with E-state index in [1.54, 1.807) is 0 Å². The zero-order valence-electron chi connectivity index (χ0n) is 8.10. The van der Waals surface area contributed by atoms with Gasteiger partial charge in [-0.05, 0) is 28.9 Å². The van der Waals surface area contributed by atoms with Gasteiger partial charge >= 0.3 is 0 Å². The highest BCUT2D eigenvalue weighted by Crippen LogP contribution is 2.36. The summed E-state index contributed by atoms with van der Waals surface area (Å²) in [7, 11) is 1.43. The third kappa shape index (κ3) is 2.14. The molecular formula is C10H7BrClNO2. The molecule has 5 heteroatoms. The molecule has 0 N–H and O–H groups in total. The molecule has 0 aliphatic rings. The second kappa shape index (κ2) is 4.65. The number of hydrogen-bond acceptors (Lipinski definition) is 3. The Hall–Kier alpha value is -1.05. The van der Waals surface area contributed by atoms with E-state index < -0.39 is 0 Å². The number of nitrogens with zero attached hydrogens (tertiary/aromatic N) is 1. The van der Waals surface area contributed by atoms with Crippen molar-refractivity contribution in [3.63, 3.8) is 0 Å². The monoisotopic (exact) mass is 287 g/mol. The number of ether oxygens (including phenoxy) is 1. The lowest BCUT2D eigenvalue weighted by molar-refractivity contribution is 0.101. The van der Waals surface area contributed by atoms with Crippen LogP contribution in [0.1, 0.15) is 22.8 Å². The summed E-state index contributed by atoms with van der Waals surface area (Å²) in [5.41, 5.74) is 0.617. The van der Waals surface area contributed by atoms with E-state index in [1.807, 2.05) is 6.07 Å². The van der Waals surface area contributed by atoms with Gasteiger partial charge in [0.2, 0.25) is 0 Å². The predicted octanol–water partition coefficient (Wildman–Crippen LogP) is 3.19. The van der Waals surface area contributed by atoms with Crippen LogP contribution < -0.4 is 4.74 Å². The highest BCUT2D eigenvalue weighted by Gasteiger charge is 2.18. The second-order valence-electron chi connectivity index (χ2n) is 2.80. The molecule has 0 bridgehead atoms. The molecule has 1 aromatic carbocycles. The Morgan fingerprint density at radius 1 is 1.67 bits per heavy atom. The Kier molecular flexibility index (Phi) is 3.72. The molecule has 3 nitrogen and oxygen atoms in total. The average molecular weight is 289 g/mol. The van der Waals surface area contributed by atoms with Gasteiger partial charge in [0.25, 0.3) is 0 Å². The number of methoxy groups -OCH3 is 1. The lowest BCUT2D eigenvalue weighted by atomic mass is 10.1. The van der Waals surface area contributed by atoms with Crippen LogP contribution in [0.4, 0.5) is 0 Å². The molecule has 1 aromatic rings. The maximum Gasteiger partial charge on any atom is 0.163 e. The summed E-state index contributed by atoms with van der Waals surface area (Å²) in [4.78, 5) is 11.3. The molecule has 0 amide bonds. The number of rotatable bonds is 2. The standard InChI is InChI=1S/C10H7BrClNO2/c1-5(14)6-3-8(12)7(4-13)9(11)10(6)15-2/h3H,1-2H3. The SMILES string of the molecule is COc1c(C(C)=O)cc(Cl)c(C#N)c1Br. The van der Waals surface area contributed by atoms with Crippen molar-refractivity contribution < 1.29 is 9.53 Å². The molecule has 0 atom stereocenters. The van der Waals surface area contributed by atoms with Gasteiger partial charge in [0.15, 0.2) is 5.78 Å². The van der Waals surface area contributed by atoms with E-state index in [0.717, 1.165) is 0 Å². The van der Waals surface area contributed by atoms with Crippen LogP contribution in [-0.2, 0) is 0 Å². The number of nitriles is 1. The fourth-order valence-corrected chi connectivity index (χ4v) is 2.20. The highest BCUT2D eigenvalue weighted by atomic mass is 79.9. The fraction of sp³-hybridized carbons (Fsp3) is 0.200. The fourth-order valence-electron chi connectivity index (χ4n) is 1.16. The predicted molar refractivity (Wildman–Crippen MR) is 60.4 cm³/mol. The summed E-state index contributed by atoms with van der Waals surface area (Å²) in [5.74, 6) is 0.169. The van der Waals surface area contributed by atoms with Crippen molar-refractivity contribution in [2.75, 3.05) is 7.11 Å². The minimum absolute atomic E-state index is 0.168. The first kappa shape index (κ1) is 12.0. The summed E-state index contributed by atoms with van der Waals surface area (Å²) in [5, 5.41) is 9.08. The molecule has 0 aliphatic carbocycles. The number of carbonyl (C=O) groups excluding carboxylic acids is 1. The van der Waals surface area contributed by atoms with E-state index in [1.165, 1.54) is 20.1 Å². The Morgan fingerprint density at radius 3 is 2.67 bits per heavy atom. The number of hydrogen-bond donors (Lipinski definition) is 0. The van der Waals surface area contributed by atoms with E-state index >= 15 is 0 Å². The van der Waals surface area contributed by atoms with Crippen LogP contribution in [0.2, 0.25) is 5.02 Å². The number of benzene rings is 1. The van der Waals surface area contributed by atoms with E-state index in [-0.39, 0.29) is 16.4 Å². The maximum atomic E-state index is 11.3. The zero-order valence-corrected chi connectivity index (χ0v) is 10.4. The molecule has 1 rings (SSSR count). The number of Topliss-reactive ketones (excluding diaryl/α,β-unsaturated/α-hetero) is 1. The summed E-state index contributed by atoms with van der Waals surface area (Å²) in [6.45, 7) is 1.41. The Balaban J connectivity index is 3.60.